The minimum absolute atomic E-state index is 0.0837. The number of nitrogens with one attached hydrogen (secondary N) is 1. The van der Waals surface area contributed by atoms with Crippen LogP contribution in [0.1, 0.15) is 56.7 Å². The molecule has 182 valence electrons. The predicted octanol–water partition coefficient (Wildman–Crippen LogP) is 5.50. The van der Waals surface area contributed by atoms with Gasteiger partial charge >= 0.3 is 0 Å². The summed E-state index contributed by atoms with van der Waals surface area (Å²) < 4.78 is 11.6. The van der Waals surface area contributed by atoms with Gasteiger partial charge in [0.2, 0.25) is 11.8 Å². The number of carbonyl (C=O) groups is 1. The molecule has 1 aromatic carbocycles. The van der Waals surface area contributed by atoms with Crippen molar-refractivity contribution < 1.29 is 13.9 Å². The summed E-state index contributed by atoms with van der Waals surface area (Å²) in [6.45, 7) is 14.1. The zero-order valence-corrected chi connectivity index (χ0v) is 21.4. The summed E-state index contributed by atoms with van der Waals surface area (Å²) in [7, 11) is 0. The van der Waals surface area contributed by atoms with Gasteiger partial charge in [-0.2, -0.15) is 0 Å². The molecule has 1 N–H and O–H groups in total. The number of likely N-dealkylation sites (N-methyl/N-ethyl adjacent to an activating group) is 1. The zero-order chi connectivity index (χ0) is 24.6. The molecule has 3 aromatic rings. The van der Waals surface area contributed by atoms with Crippen LogP contribution < -0.4 is 10.1 Å². The molecule has 0 atom stereocenters. The molecular weight excluding hydrogens is 448 g/mol. The number of hydrogen-bond acceptors (Lipinski definition) is 7. The Hall–Kier alpha value is -2.97. The SMILES string of the molecule is CCN(CC)CCOc1ccc(CC(=O)Nc2ncc(/C=C/c3ncc(C(C)(C)C)o3)s2)cc1. The van der Waals surface area contributed by atoms with Crippen molar-refractivity contribution in [2.45, 2.75) is 46.5 Å². The second kappa shape index (κ2) is 11.9. The molecule has 0 radical (unpaired) electrons. The Labute approximate surface area is 205 Å². The maximum Gasteiger partial charge on any atom is 0.230 e. The quantitative estimate of drug-likeness (QED) is 0.389. The number of amides is 1. The summed E-state index contributed by atoms with van der Waals surface area (Å²) in [5.41, 5.74) is 0.836. The van der Waals surface area contributed by atoms with Gasteiger partial charge in [-0.05, 0) is 36.9 Å². The molecule has 0 saturated carbocycles. The van der Waals surface area contributed by atoms with Crippen molar-refractivity contribution in [3.05, 3.63) is 58.8 Å². The number of hydrogen-bond donors (Lipinski definition) is 1. The smallest absolute Gasteiger partial charge is 0.230 e. The van der Waals surface area contributed by atoms with Crippen LogP contribution in [-0.2, 0) is 16.6 Å². The van der Waals surface area contributed by atoms with Gasteiger partial charge in [-0.15, -0.1) is 0 Å². The Morgan fingerprint density at radius 1 is 1.12 bits per heavy atom. The fraction of sp³-hybridized carbons (Fsp3) is 0.423. The Kier molecular flexibility index (Phi) is 9.01. The normalized spacial score (nSPS) is 11.9. The van der Waals surface area contributed by atoms with E-state index in [9.17, 15) is 4.79 Å². The number of oxazole rings is 1. The van der Waals surface area contributed by atoms with Crippen LogP contribution in [0.5, 0.6) is 5.75 Å². The van der Waals surface area contributed by atoms with Gasteiger partial charge in [-0.3, -0.25) is 4.79 Å². The van der Waals surface area contributed by atoms with Crippen LogP contribution in [0.25, 0.3) is 12.2 Å². The van der Waals surface area contributed by atoms with Gasteiger partial charge in [0.05, 0.1) is 12.6 Å². The largest absolute Gasteiger partial charge is 0.492 e. The van der Waals surface area contributed by atoms with E-state index in [-0.39, 0.29) is 17.7 Å². The molecule has 0 spiro atoms. The van der Waals surface area contributed by atoms with E-state index in [1.807, 2.05) is 30.3 Å². The van der Waals surface area contributed by atoms with Gasteiger partial charge in [0.25, 0.3) is 0 Å². The summed E-state index contributed by atoms with van der Waals surface area (Å²) in [4.78, 5) is 24.2. The minimum atomic E-state index is -0.109. The Morgan fingerprint density at radius 2 is 1.85 bits per heavy atom. The number of carbonyl (C=O) groups excluding carboxylic acids is 1. The Balaban J connectivity index is 1.47. The van der Waals surface area contributed by atoms with Crippen LogP contribution in [0.3, 0.4) is 0 Å². The summed E-state index contributed by atoms with van der Waals surface area (Å²) in [5, 5.41) is 3.43. The fourth-order valence-corrected chi connectivity index (χ4v) is 3.91. The predicted molar refractivity (Wildman–Crippen MR) is 138 cm³/mol. The zero-order valence-electron chi connectivity index (χ0n) is 20.6. The van der Waals surface area contributed by atoms with Crippen LogP contribution in [0.2, 0.25) is 0 Å². The average molecular weight is 483 g/mol. The number of anilines is 1. The number of benzene rings is 1. The molecule has 0 bridgehead atoms. The highest BCUT2D eigenvalue weighted by molar-refractivity contribution is 7.16. The van der Waals surface area contributed by atoms with E-state index in [4.69, 9.17) is 9.15 Å². The van der Waals surface area contributed by atoms with Gasteiger partial charge in [0.15, 0.2) is 5.13 Å². The van der Waals surface area contributed by atoms with Crippen molar-refractivity contribution in [1.82, 2.24) is 14.9 Å². The number of thiazole rings is 1. The van der Waals surface area contributed by atoms with E-state index in [1.165, 1.54) is 11.3 Å². The highest BCUT2D eigenvalue weighted by atomic mass is 32.1. The maximum atomic E-state index is 12.4. The van der Waals surface area contributed by atoms with Crippen LogP contribution in [-0.4, -0.2) is 47.0 Å². The molecule has 2 heterocycles. The Morgan fingerprint density at radius 3 is 2.50 bits per heavy atom. The van der Waals surface area contributed by atoms with Crippen molar-refractivity contribution in [2.75, 3.05) is 31.6 Å². The molecule has 1 amide bonds. The molecule has 0 aliphatic heterocycles. The van der Waals surface area contributed by atoms with Gasteiger partial charge in [0, 0.05) is 29.1 Å². The molecule has 34 heavy (non-hydrogen) atoms. The molecule has 0 unspecified atom stereocenters. The van der Waals surface area contributed by atoms with Crippen LogP contribution in [0.15, 0.2) is 41.1 Å². The van der Waals surface area contributed by atoms with Gasteiger partial charge in [-0.25, -0.2) is 9.97 Å². The van der Waals surface area contributed by atoms with Gasteiger partial charge in [0.1, 0.15) is 18.1 Å². The molecule has 7 nitrogen and oxygen atoms in total. The first-order valence-corrected chi connectivity index (χ1v) is 12.4. The van der Waals surface area contributed by atoms with E-state index >= 15 is 0 Å². The molecule has 2 aromatic heterocycles. The van der Waals surface area contributed by atoms with Crippen molar-refractivity contribution >= 4 is 34.5 Å². The number of nitrogens with zero attached hydrogens (tertiary/aromatic N) is 3. The van der Waals surface area contributed by atoms with Crippen LogP contribution in [0.4, 0.5) is 5.13 Å². The van der Waals surface area contributed by atoms with Crippen molar-refractivity contribution in [3.63, 3.8) is 0 Å². The number of rotatable bonds is 11. The molecule has 0 aliphatic carbocycles. The van der Waals surface area contributed by atoms with E-state index in [2.05, 4.69) is 54.8 Å². The molecule has 3 rings (SSSR count). The van der Waals surface area contributed by atoms with Crippen LogP contribution in [0, 0.1) is 0 Å². The highest BCUT2D eigenvalue weighted by Gasteiger charge is 2.18. The number of ether oxygens (including phenoxy) is 1. The van der Waals surface area contributed by atoms with Gasteiger partial charge < -0.3 is 19.4 Å². The van der Waals surface area contributed by atoms with Crippen molar-refractivity contribution in [2.24, 2.45) is 0 Å². The summed E-state index contributed by atoms with van der Waals surface area (Å²) >= 11 is 1.40. The highest BCUT2D eigenvalue weighted by Crippen LogP contribution is 2.24. The van der Waals surface area contributed by atoms with E-state index in [0.717, 1.165) is 41.6 Å². The van der Waals surface area contributed by atoms with E-state index in [1.54, 1.807) is 18.5 Å². The average Bonchev–Trinajstić information content (AvgIpc) is 3.46. The van der Waals surface area contributed by atoms with Gasteiger partial charge in [-0.1, -0.05) is 58.1 Å². The van der Waals surface area contributed by atoms with E-state index < -0.39 is 0 Å². The molecule has 0 fully saturated rings. The lowest BCUT2D eigenvalue weighted by Crippen LogP contribution is -2.27. The third-order valence-corrected chi connectivity index (χ3v) is 6.16. The maximum absolute atomic E-state index is 12.4. The third-order valence-electron chi connectivity index (χ3n) is 5.28. The number of aromatic nitrogens is 2. The lowest BCUT2D eigenvalue weighted by atomic mass is 9.94. The fourth-order valence-electron chi connectivity index (χ4n) is 3.17. The second-order valence-corrected chi connectivity index (χ2v) is 10.0. The summed E-state index contributed by atoms with van der Waals surface area (Å²) in [6.07, 6.45) is 7.43. The molecule has 8 heteroatoms. The standard InChI is InChI=1S/C26H34N4O3S/c1-6-30(7-2)14-15-32-20-10-8-19(9-11-20)16-23(31)29-25-28-17-21(34-25)12-13-24-27-18-22(33-24)26(3,4)5/h8-13,17-18H,6-7,14-16H2,1-5H3,(H,28,29,31)/b13-12+. The molecule has 0 saturated heterocycles. The summed E-state index contributed by atoms with van der Waals surface area (Å²) in [5.74, 6) is 2.09. The third kappa shape index (κ3) is 7.81. The first-order chi connectivity index (χ1) is 16.3. The monoisotopic (exact) mass is 482 g/mol. The summed E-state index contributed by atoms with van der Waals surface area (Å²) in [6, 6.07) is 7.66. The molecular formula is C26H34N4O3S. The lowest BCUT2D eigenvalue weighted by molar-refractivity contribution is -0.115. The minimum Gasteiger partial charge on any atom is -0.492 e. The Bertz CT molecular complexity index is 1080. The topological polar surface area (TPSA) is 80.5 Å². The van der Waals surface area contributed by atoms with Crippen LogP contribution >= 0.6 is 11.3 Å². The second-order valence-electron chi connectivity index (χ2n) is 8.96. The first-order valence-electron chi connectivity index (χ1n) is 11.6. The van der Waals surface area contributed by atoms with Crippen molar-refractivity contribution in [3.8, 4) is 5.75 Å². The van der Waals surface area contributed by atoms with E-state index in [0.29, 0.717) is 17.6 Å². The molecule has 0 aliphatic rings. The lowest BCUT2D eigenvalue weighted by Gasteiger charge is -2.18. The van der Waals surface area contributed by atoms with Crippen molar-refractivity contribution in [1.29, 1.82) is 0 Å². The first kappa shape index (κ1) is 25.6.